The van der Waals surface area contributed by atoms with Gasteiger partial charge in [0.05, 0.1) is 7.11 Å². The van der Waals surface area contributed by atoms with Gasteiger partial charge in [0.2, 0.25) is 0 Å². The van der Waals surface area contributed by atoms with Crippen LogP contribution in [0.15, 0.2) is 36.4 Å². The van der Waals surface area contributed by atoms with E-state index in [1.54, 1.807) is 13.2 Å². The minimum absolute atomic E-state index is 0.697. The lowest BCUT2D eigenvalue weighted by molar-refractivity contribution is 0.105. The highest BCUT2D eigenvalue weighted by Gasteiger charge is 2.25. The second kappa shape index (κ2) is 18.1. The lowest BCUT2D eigenvalue weighted by Crippen LogP contribution is -2.42. The Bertz CT molecular complexity index is 762. The zero-order valence-corrected chi connectivity index (χ0v) is 19.6. The summed E-state index contributed by atoms with van der Waals surface area (Å²) in [5.74, 6) is 0.830. The quantitative estimate of drug-likeness (QED) is 0.413. The van der Waals surface area contributed by atoms with Crippen LogP contribution in [-0.2, 0) is 0 Å². The third-order valence-electron chi connectivity index (χ3n) is 5.19. The molecule has 0 atom stereocenters. The number of fused-ring (bicyclic) bond motifs is 1. The van der Waals surface area contributed by atoms with Crippen LogP contribution in [0.5, 0.6) is 5.75 Å². The zero-order valence-electron chi connectivity index (χ0n) is 19.6. The van der Waals surface area contributed by atoms with E-state index in [2.05, 4.69) is 44.4 Å². The average molecular weight is 422 g/mol. The minimum atomic E-state index is 0.697. The van der Waals surface area contributed by atoms with E-state index in [0.717, 1.165) is 28.8 Å². The van der Waals surface area contributed by atoms with Crippen molar-refractivity contribution in [1.82, 2.24) is 4.90 Å². The summed E-state index contributed by atoms with van der Waals surface area (Å²) in [4.78, 5) is 13.2. The predicted molar refractivity (Wildman–Crippen MR) is 135 cm³/mol. The highest BCUT2D eigenvalue weighted by Crippen LogP contribution is 2.27. The number of methoxy groups -OCH3 is 1. The maximum Gasteiger partial charge on any atom is 0.150 e. The van der Waals surface area contributed by atoms with E-state index in [0.29, 0.717) is 5.56 Å². The third-order valence-corrected chi connectivity index (χ3v) is 5.19. The van der Waals surface area contributed by atoms with Crippen molar-refractivity contribution in [1.29, 1.82) is 0 Å². The topological polar surface area (TPSA) is 29.5 Å². The number of aldehydes is 1. The molecule has 3 heteroatoms. The molecule has 1 aliphatic carbocycles. The van der Waals surface area contributed by atoms with E-state index >= 15 is 0 Å². The fourth-order valence-corrected chi connectivity index (χ4v) is 3.48. The van der Waals surface area contributed by atoms with Gasteiger partial charge in [-0.25, -0.2) is 0 Å². The number of carbonyl (C=O) groups excluding carboxylic acids is 1. The van der Waals surface area contributed by atoms with Gasteiger partial charge in [0, 0.05) is 11.6 Å². The molecule has 168 valence electrons. The average Bonchev–Trinajstić information content (AvgIpc) is 2.81. The van der Waals surface area contributed by atoms with Gasteiger partial charge in [0.25, 0.3) is 0 Å². The molecule has 0 spiro atoms. The number of nitrogens with zero attached hydrogens (tertiary/aromatic N) is 1. The van der Waals surface area contributed by atoms with Crippen LogP contribution < -0.4 is 4.74 Å². The normalized spacial score (nSPS) is 14.9. The van der Waals surface area contributed by atoms with Gasteiger partial charge in [0.1, 0.15) is 12.0 Å². The lowest BCUT2D eigenvalue weighted by atomic mass is 9.90. The second-order valence-corrected chi connectivity index (χ2v) is 7.48. The molecule has 31 heavy (non-hydrogen) atoms. The summed E-state index contributed by atoms with van der Waals surface area (Å²) in [5.41, 5.74) is 0.697. The van der Waals surface area contributed by atoms with Gasteiger partial charge in [-0.1, -0.05) is 51.3 Å². The second-order valence-electron chi connectivity index (χ2n) is 7.48. The van der Waals surface area contributed by atoms with Crippen LogP contribution in [0.3, 0.4) is 0 Å². The number of benzene rings is 2. The van der Waals surface area contributed by atoms with Crippen molar-refractivity contribution in [2.75, 3.05) is 20.2 Å². The van der Waals surface area contributed by atoms with Crippen molar-refractivity contribution in [3.8, 4) is 31.4 Å². The maximum absolute atomic E-state index is 10.5. The molecule has 0 amide bonds. The number of hydrogen-bond donors (Lipinski definition) is 0. The molecule has 1 saturated carbocycles. The molecule has 0 radical (unpaired) electrons. The summed E-state index contributed by atoms with van der Waals surface area (Å²) >= 11 is 0. The molecule has 2 aromatic carbocycles. The van der Waals surface area contributed by atoms with Gasteiger partial charge in [-0.2, -0.15) is 0 Å². The Balaban J connectivity index is 0.000000464. The number of carbonyl (C=O) groups is 1. The number of rotatable bonds is 3. The first-order valence-corrected chi connectivity index (χ1v) is 11.2. The molecule has 0 N–H and O–H groups in total. The summed E-state index contributed by atoms with van der Waals surface area (Å²) in [6, 6.07) is 12.4. The molecule has 2 aliphatic rings. The zero-order chi connectivity index (χ0) is 23.5. The van der Waals surface area contributed by atoms with Crippen molar-refractivity contribution in [2.24, 2.45) is 0 Å². The molecule has 0 bridgehead atoms. The van der Waals surface area contributed by atoms with Crippen LogP contribution in [0.1, 0.15) is 69.2 Å². The van der Waals surface area contributed by atoms with Crippen molar-refractivity contribution in [3.63, 3.8) is 0 Å². The van der Waals surface area contributed by atoms with Crippen LogP contribution in [0.4, 0.5) is 0 Å². The fraction of sp³-hybridized carbons (Fsp3) is 0.464. The van der Waals surface area contributed by atoms with Gasteiger partial charge in [-0.15, -0.1) is 25.7 Å². The molecule has 0 unspecified atom stereocenters. The van der Waals surface area contributed by atoms with Gasteiger partial charge < -0.3 is 9.64 Å². The third kappa shape index (κ3) is 10.2. The van der Waals surface area contributed by atoms with Gasteiger partial charge in [0.15, 0.2) is 0 Å². The summed E-state index contributed by atoms with van der Waals surface area (Å²) in [6.07, 6.45) is 26.9. The molecule has 0 aromatic heterocycles. The Kier molecular flexibility index (Phi) is 16.5. The van der Waals surface area contributed by atoms with Crippen LogP contribution >= 0.6 is 0 Å². The Morgan fingerprint density at radius 2 is 1.45 bits per heavy atom. The molecule has 1 saturated heterocycles. The Hall–Kier alpha value is -2.75. The van der Waals surface area contributed by atoms with Crippen molar-refractivity contribution < 1.29 is 9.53 Å². The number of terminal acetylenes is 2. The summed E-state index contributed by atoms with van der Waals surface area (Å²) in [5, 5.41) is 2.13. The standard InChI is InChI=1S/C12H10O2.C9H17N.C3H8.2C2H2/c1-14-12-5-4-10-6-9(8-13)2-3-11(10)7-12;1-2-7-10(8-3-1)9-5-4-6-9;1-3-2;2*1-2/h2-8H,1H3;9H,1-8H2;3H2,1-2H3;2*1-2H. The number of piperidine rings is 1. The predicted octanol–water partition coefficient (Wildman–Crippen LogP) is 6.60. The van der Waals surface area contributed by atoms with E-state index in [1.165, 1.54) is 58.0 Å². The van der Waals surface area contributed by atoms with Crippen molar-refractivity contribution >= 4 is 17.1 Å². The Labute approximate surface area is 190 Å². The molecule has 2 fully saturated rings. The van der Waals surface area contributed by atoms with Crippen LogP contribution in [0.2, 0.25) is 0 Å². The first kappa shape index (κ1) is 28.2. The summed E-state index contributed by atoms with van der Waals surface area (Å²) < 4.78 is 5.11. The molecule has 2 aromatic rings. The molecule has 4 rings (SSSR count). The van der Waals surface area contributed by atoms with Crippen LogP contribution in [-0.4, -0.2) is 37.4 Å². The highest BCUT2D eigenvalue weighted by molar-refractivity contribution is 5.89. The van der Waals surface area contributed by atoms with E-state index in [4.69, 9.17) is 4.74 Å². The highest BCUT2D eigenvalue weighted by atomic mass is 16.5. The van der Waals surface area contributed by atoms with E-state index in [-0.39, 0.29) is 0 Å². The molecule has 1 aliphatic heterocycles. The number of hydrogen-bond acceptors (Lipinski definition) is 3. The molecule has 3 nitrogen and oxygen atoms in total. The van der Waals surface area contributed by atoms with Crippen molar-refractivity contribution in [2.45, 2.75) is 64.8 Å². The molecular formula is C28H39NO2. The Morgan fingerprint density at radius 3 is 1.94 bits per heavy atom. The van der Waals surface area contributed by atoms with Crippen LogP contribution in [0.25, 0.3) is 10.8 Å². The van der Waals surface area contributed by atoms with Gasteiger partial charge >= 0.3 is 0 Å². The van der Waals surface area contributed by atoms with E-state index < -0.39 is 0 Å². The van der Waals surface area contributed by atoms with E-state index in [9.17, 15) is 4.79 Å². The Morgan fingerprint density at radius 1 is 0.903 bits per heavy atom. The fourth-order valence-electron chi connectivity index (χ4n) is 3.48. The van der Waals surface area contributed by atoms with Crippen LogP contribution in [0, 0.1) is 25.7 Å². The largest absolute Gasteiger partial charge is 0.497 e. The SMILES string of the molecule is C#C.C#C.C1CCN(C2CCC2)CC1.CCC.COc1ccc2cc(C=O)ccc2c1. The van der Waals surface area contributed by atoms with Gasteiger partial charge in [-0.05, 0) is 67.7 Å². The first-order valence-electron chi connectivity index (χ1n) is 11.2. The summed E-state index contributed by atoms with van der Waals surface area (Å²) in [7, 11) is 1.64. The minimum Gasteiger partial charge on any atom is -0.497 e. The lowest BCUT2D eigenvalue weighted by Gasteiger charge is -2.39. The smallest absolute Gasteiger partial charge is 0.150 e. The van der Waals surface area contributed by atoms with E-state index in [1.807, 2.05) is 30.3 Å². The first-order chi connectivity index (χ1) is 15.2. The summed E-state index contributed by atoms with van der Waals surface area (Å²) in [6.45, 7) is 7.04. The number of ether oxygens (including phenoxy) is 1. The van der Waals surface area contributed by atoms with Gasteiger partial charge in [-0.3, -0.25) is 4.79 Å². The van der Waals surface area contributed by atoms with Crippen molar-refractivity contribution in [3.05, 3.63) is 42.0 Å². The monoisotopic (exact) mass is 421 g/mol. The molecular weight excluding hydrogens is 382 g/mol. The maximum atomic E-state index is 10.5. The number of likely N-dealkylation sites (tertiary alicyclic amines) is 1. The molecule has 1 heterocycles.